The molecule has 0 spiro atoms. The minimum Gasteiger partial charge on any atom is -0.326 e. The van der Waals surface area contributed by atoms with Gasteiger partial charge in [0.05, 0.1) is 0 Å². The van der Waals surface area contributed by atoms with Crippen molar-refractivity contribution in [1.29, 1.82) is 0 Å². The Morgan fingerprint density at radius 3 is 2.69 bits per heavy atom. The number of anilines is 1. The quantitative estimate of drug-likeness (QED) is 0.570. The summed E-state index contributed by atoms with van der Waals surface area (Å²) in [5, 5.41) is 5.70. The SMILES string of the molecule is C=CCNCCC(=O)Nc1ccc(F)cc1. The third-order valence-corrected chi connectivity index (χ3v) is 1.95. The van der Waals surface area contributed by atoms with E-state index in [-0.39, 0.29) is 11.7 Å². The van der Waals surface area contributed by atoms with Gasteiger partial charge in [-0.2, -0.15) is 0 Å². The number of benzene rings is 1. The zero-order valence-corrected chi connectivity index (χ0v) is 9.00. The van der Waals surface area contributed by atoms with Gasteiger partial charge in [0.1, 0.15) is 5.82 Å². The van der Waals surface area contributed by atoms with E-state index in [1.165, 1.54) is 24.3 Å². The van der Waals surface area contributed by atoms with Gasteiger partial charge < -0.3 is 10.6 Å². The highest BCUT2D eigenvalue weighted by Crippen LogP contribution is 2.08. The van der Waals surface area contributed by atoms with Crippen molar-refractivity contribution in [3.05, 3.63) is 42.7 Å². The topological polar surface area (TPSA) is 41.1 Å². The molecule has 0 aromatic heterocycles. The number of amides is 1. The molecular formula is C12H15FN2O. The lowest BCUT2D eigenvalue weighted by Crippen LogP contribution is -2.21. The Labute approximate surface area is 94.4 Å². The van der Waals surface area contributed by atoms with E-state index in [1.807, 2.05) is 0 Å². The van der Waals surface area contributed by atoms with Crippen molar-refractivity contribution >= 4 is 11.6 Å². The lowest BCUT2D eigenvalue weighted by molar-refractivity contribution is -0.116. The predicted octanol–water partition coefficient (Wildman–Crippen LogP) is 1.93. The summed E-state index contributed by atoms with van der Waals surface area (Å²) in [4.78, 5) is 11.4. The van der Waals surface area contributed by atoms with E-state index >= 15 is 0 Å². The van der Waals surface area contributed by atoms with Crippen LogP contribution in [0.2, 0.25) is 0 Å². The highest BCUT2D eigenvalue weighted by Gasteiger charge is 2.01. The zero-order valence-electron chi connectivity index (χ0n) is 9.00. The van der Waals surface area contributed by atoms with Crippen LogP contribution < -0.4 is 10.6 Å². The second-order valence-electron chi connectivity index (χ2n) is 3.30. The molecule has 0 aliphatic heterocycles. The number of hydrogen-bond donors (Lipinski definition) is 2. The molecule has 0 saturated carbocycles. The van der Waals surface area contributed by atoms with Crippen molar-refractivity contribution in [3.8, 4) is 0 Å². The number of halogens is 1. The molecule has 0 bridgehead atoms. The van der Waals surface area contributed by atoms with Gasteiger partial charge >= 0.3 is 0 Å². The molecule has 1 amide bonds. The summed E-state index contributed by atoms with van der Waals surface area (Å²) in [6.45, 7) is 4.84. The van der Waals surface area contributed by atoms with Crippen molar-refractivity contribution in [2.24, 2.45) is 0 Å². The maximum atomic E-state index is 12.6. The van der Waals surface area contributed by atoms with Crippen LogP contribution >= 0.6 is 0 Å². The van der Waals surface area contributed by atoms with E-state index < -0.39 is 0 Å². The number of rotatable bonds is 6. The summed E-state index contributed by atoms with van der Waals surface area (Å²) in [5.74, 6) is -0.409. The van der Waals surface area contributed by atoms with Gasteiger partial charge in [-0.15, -0.1) is 6.58 Å². The highest BCUT2D eigenvalue weighted by molar-refractivity contribution is 5.90. The molecule has 1 aromatic carbocycles. The van der Waals surface area contributed by atoms with Crippen LogP contribution in [0.1, 0.15) is 6.42 Å². The Kier molecular flexibility index (Phi) is 5.22. The lowest BCUT2D eigenvalue weighted by atomic mass is 10.3. The Balaban J connectivity index is 2.28. The van der Waals surface area contributed by atoms with Crippen LogP contribution in [0.15, 0.2) is 36.9 Å². The van der Waals surface area contributed by atoms with E-state index in [9.17, 15) is 9.18 Å². The largest absolute Gasteiger partial charge is 0.326 e. The minimum absolute atomic E-state index is 0.0943. The van der Waals surface area contributed by atoms with Crippen LogP contribution in [0.4, 0.5) is 10.1 Å². The molecule has 86 valence electrons. The molecule has 0 aliphatic carbocycles. The van der Waals surface area contributed by atoms with E-state index in [1.54, 1.807) is 6.08 Å². The molecule has 0 saturated heterocycles. The van der Waals surface area contributed by atoms with Gasteiger partial charge in [0, 0.05) is 25.2 Å². The Morgan fingerprint density at radius 1 is 1.38 bits per heavy atom. The van der Waals surface area contributed by atoms with Gasteiger partial charge in [-0.05, 0) is 24.3 Å². The summed E-state index contributed by atoms with van der Waals surface area (Å²) in [7, 11) is 0. The van der Waals surface area contributed by atoms with E-state index in [0.29, 0.717) is 25.2 Å². The highest BCUT2D eigenvalue weighted by atomic mass is 19.1. The van der Waals surface area contributed by atoms with Crippen molar-refractivity contribution in [1.82, 2.24) is 5.32 Å². The molecule has 1 aromatic rings. The van der Waals surface area contributed by atoms with Crippen molar-refractivity contribution in [2.75, 3.05) is 18.4 Å². The smallest absolute Gasteiger partial charge is 0.225 e. The van der Waals surface area contributed by atoms with E-state index in [0.717, 1.165) is 0 Å². The Hall–Kier alpha value is -1.68. The minimum atomic E-state index is -0.314. The van der Waals surface area contributed by atoms with Gasteiger partial charge in [-0.3, -0.25) is 4.79 Å². The molecule has 0 heterocycles. The fraction of sp³-hybridized carbons (Fsp3) is 0.250. The monoisotopic (exact) mass is 222 g/mol. The zero-order chi connectivity index (χ0) is 11.8. The van der Waals surface area contributed by atoms with Crippen LogP contribution in [0, 0.1) is 5.82 Å². The maximum Gasteiger partial charge on any atom is 0.225 e. The van der Waals surface area contributed by atoms with Crippen LogP contribution in [-0.2, 0) is 4.79 Å². The average molecular weight is 222 g/mol. The predicted molar refractivity (Wildman–Crippen MR) is 62.7 cm³/mol. The fourth-order valence-corrected chi connectivity index (χ4v) is 1.16. The normalized spacial score (nSPS) is 9.81. The van der Waals surface area contributed by atoms with Crippen LogP contribution in [0.5, 0.6) is 0 Å². The third-order valence-electron chi connectivity index (χ3n) is 1.95. The maximum absolute atomic E-state index is 12.6. The van der Waals surface area contributed by atoms with Crippen LogP contribution in [-0.4, -0.2) is 19.0 Å². The average Bonchev–Trinajstić information content (AvgIpc) is 2.28. The van der Waals surface area contributed by atoms with Gasteiger partial charge in [-0.25, -0.2) is 4.39 Å². The summed E-state index contributed by atoms with van der Waals surface area (Å²) < 4.78 is 12.6. The first-order valence-corrected chi connectivity index (χ1v) is 5.09. The third kappa shape index (κ3) is 4.70. The first kappa shape index (κ1) is 12.4. The molecule has 4 heteroatoms. The lowest BCUT2D eigenvalue weighted by Gasteiger charge is -2.05. The molecule has 0 fully saturated rings. The molecule has 3 nitrogen and oxygen atoms in total. The van der Waals surface area contributed by atoms with Gasteiger partial charge in [0.2, 0.25) is 5.91 Å². The van der Waals surface area contributed by atoms with Crippen molar-refractivity contribution in [3.63, 3.8) is 0 Å². The Bertz CT molecular complexity index is 349. The van der Waals surface area contributed by atoms with Gasteiger partial charge in [-0.1, -0.05) is 6.08 Å². The number of carbonyl (C=O) groups is 1. The summed E-state index contributed by atoms with van der Waals surface area (Å²) in [5.41, 5.74) is 0.607. The molecule has 0 aliphatic rings. The second-order valence-corrected chi connectivity index (χ2v) is 3.30. The fourth-order valence-electron chi connectivity index (χ4n) is 1.16. The van der Waals surface area contributed by atoms with E-state index in [4.69, 9.17) is 0 Å². The first-order chi connectivity index (χ1) is 7.72. The summed E-state index contributed by atoms with van der Waals surface area (Å²) >= 11 is 0. The number of carbonyl (C=O) groups excluding carboxylic acids is 1. The van der Waals surface area contributed by atoms with Crippen LogP contribution in [0.3, 0.4) is 0 Å². The van der Waals surface area contributed by atoms with Crippen LogP contribution in [0.25, 0.3) is 0 Å². The molecule has 0 radical (unpaired) electrons. The molecule has 0 unspecified atom stereocenters. The summed E-state index contributed by atoms with van der Waals surface area (Å²) in [6, 6.07) is 5.69. The molecule has 16 heavy (non-hydrogen) atoms. The number of nitrogens with one attached hydrogen (secondary N) is 2. The van der Waals surface area contributed by atoms with Gasteiger partial charge in [0.15, 0.2) is 0 Å². The molecule has 2 N–H and O–H groups in total. The first-order valence-electron chi connectivity index (χ1n) is 5.09. The Morgan fingerprint density at radius 2 is 2.06 bits per heavy atom. The molecule has 0 atom stereocenters. The number of hydrogen-bond acceptors (Lipinski definition) is 2. The molecular weight excluding hydrogens is 207 g/mol. The second kappa shape index (κ2) is 6.74. The van der Waals surface area contributed by atoms with Gasteiger partial charge in [0.25, 0.3) is 0 Å². The molecule has 1 rings (SSSR count). The standard InChI is InChI=1S/C12H15FN2O/c1-2-8-14-9-7-12(16)15-11-5-3-10(13)4-6-11/h2-6,14H,1,7-9H2,(H,15,16). The van der Waals surface area contributed by atoms with E-state index in [2.05, 4.69) is 17.2 Å². The summed E-state index contributed by atoms with van der Waals surface area (Å²) in [6.07, 6.45) is 2.11. The van der Waals surface area contributed by atoms with Crippen molar-refractivity contribution < 1.29 is 9.18 Å². The van der Waals surface area contributed by atoms with Crippen molar-refractivity contribution in [2.45, 2.75) is 6.42 Å².